The van der Waals surface area contributed by atoms with Gasteiger partial charge in [-0.15, -0.1) is 11.3 Å². The van der Waals surface area contributed by atoms with Gasteiger partial charge in [0, 0.05) is 13.2 Å². The van der Waals surface area contributed by atoms with Crippen LogP contribution in [-0.4, -0.2) is 38.2 Å². The molecule has 0 atom stereocenters. The van der Waals surface area contributed by atoms with Gasteiger partial charge in [0.2, 0.25) is 0 Å². The first-order valence-corrected chi connectivity index (χ1v) is 17.6. The normalized spacial score (nSPS) is 13.9. The van der Waals surface area contributed by atoms with Gasteiger partial charge in [-0.3, -0.25) is 14.5 Å². The maximum absolute atomic E-state index is 12.7. The van der Waals surface area contributed by atoms with Crippen LogP contribution in [0.1, 0.15) is 80.0 Å². The molecule has 2 aromatic carbocycles. The highest BCUT2D eigenvalue weighted by Crippen LogP contribution is 2.42. The number of hydrogen-bond donors (Lipinski definition) is 0. The monoisotopic (exact) mass is 675 g/mol. The minimum Gasteiger partial charge on any atom is -0.407 e. The zero-order valence-corrected chi connectivity index (χ0v) is 27.3. The molecule has 2 amide bonds. The molecule has 0 saturated carbocycles. The van der Waals surface area contributed by atoms with E-state index in [1.165, 1.54) is 26.6 Å². The molecular weight excluding hydrogens is 642 g/mol. The van der Waals surface area contributed by atoms with E-state index in [4.69, 9.17) is 4.43 Å². The second kappa shape index (κ2) is 12.7. The van der Waals surface area contributed by atoms with E-state index in [0.717, 1.165) is 52.7 Å². The largest absolute Gasteiger partial charge is 0.407 e. The molecule has 4 rings (SSSR count). The van der Waals surface area contributed by atoms with Crippen LogP contribution in [0.5, 0.6) is 0 Å². The second-order valence-electron chi connectivity index (χ2n) is 10.8. The van der Waals surface area contributed by atoms with Gasteiger partial charge in [0.15, 0.2) is 0 Å². The van der Waals surface area contributed by atoms with E-state index in [0.29, 0.717) is 17.7 Å². The van der Waals surface area contributed by atoms with Gasteiger partial charge in [-0.25, -0.2) is 0 Å². The number of thiophene rings is 1. The number of benzene rings is 2. The summed E-state index contributed by atoms with van der Waals surface area (Å²) in [5.74, 6) is -0.362. The Hall–Kier alpha value is -1.58. The Morgan fingerprint density at radius 2 is 1.18 bits per heavy atom. The Morgan fingerprint density at radius 3 is 1.66 bits per heavy atom. The Bertz CT molecular complexity index is 1180. The van der Waals surface area contributed by atoms with E-state index in [1.807, 2.05) is 0 Å². The zero-order chi connectivity index (χ0) is 27.3. The molecule has 0 bridgehead atoms. The Morgan fingerprint density at radius 1 is 0.737 bits per heavy atom. The van der Waals surface area contributed by atoms with Gasteiger partial charge < -0.3 is 4.43 Å². The van der Waals surface area contributed by atoms with Crippen LogP contribution in [-0.2, 0) is 4.43 Å². The quantitative estimate of drug-likeness (QED) is 0.112. The second-order valence-corrected chi connectivity index (χ2v) is 18.8. The number of imide groups is 1. The van der Waals surface area contributed by atoms with Crippen LogP contribution in [0.25, 0.3) is 0 Å². The van der Waals surface area contributed by atoms with Gasteiger partial charge >= 0.3 is 0 Å². The first-order valence-electron chi connectivity index (χ1n) is 13.3. The maximum atomic E-state index is 12.7. The third-order valence-electron chi connectivity index (χ3n) is 7.25. The molecule has 0 radical (unpaired) electrons. The number of rotatable bonds is 12. The summed E-state index contributed by atoms with van der Waals surface area (Å²) in [6.45, 7) is 8.16. The van der Waals surface area contributed by atoms with Crippen molar-refractivity contribution in [3.63, 3.8) is 0 Å². The Kier molecular flexibility index (Phi) is 9.85. The van der Waals surface area contributed by atoms with Gasteiger partial charge in [-0.05, 0) is 60.1 Å². The van der Waals surface area contributed by atoms with Crippen LogP contribution in [0.3, 0.4) is 0 Å². The minimum absolute atomic E-state index is 0.00537. The van der Waals surface area contributed by atoms with Crippen LogP contribution in [0, 0.1) is 0 Å². The van der Waals surface area contributed by atoms with E-state index in [-0.39, 0.29) is 16.9 Å². The van der Waals surface area contributed by atoms with Crippen molar-refractivity contribution in [2.45, 2.75) is 64.3 Å². The van der Waals surface area contributed by atoms with Gasteiger partial charge in [0.25, 0.3) is 20.1 Å². The van der Waals surface area contributed by atoms with Gasteiger partial charge in [0.1, 0.15) is 0 Å². The van der Waals surface area contributed by atoms with Crippen molar-refractivity contribution >= 4 is 73.7 Å². The summed E-state index contributed by atoms with van der Waals surface area (Å²) in [7, 11) is -2.46. The predicted octanol–water partition coefficient (Wildman–Crippen LogP) is 7.79. The zero-order valence-electron chi connectivity index (χ0n) is 22.3. The van der Waals surface area contributed by atoms with Crippen LogP contribution >= 0.6 is 43.2 Å². The van der Waals surface area contributed by atoms with Crippen LogP contribution in [0.4, 0.5) is 0 Å². The van der Waals surface area contributed by atoms with E-state index in [2.05, 4.69) is 113 Å². The molecule has 0 saturated heterocycles. The molecule has 3 aromatic rings. The summed E-state index contributed by atoms with van der Waals surface area (Å²) < 4.78 is 8.42. The van der Waals surface area contributed by atoms with Crippen molar-refractivity contribution in [2.75, 3.05) is 13.2 Å². The number of carbonyl (C=O) groups excluding carboxylic acids is 2. The SMILES string of the molecule is CC(C)(C)[Si](OCCCCCCCCN1C(=O)c2c(Br)sc(Br)c2C1=O)(c1ccccc1)c1ccccc1. The first kappa shape index (κ1) is 29.4. The Balaban J connectivity index is 1.25. The highest BCUT2D eigenvalue weighted by molar-refractivity contribution is 9.12. The molecule has 0 fully saturated rings. The molecule has 0 aliphatic carbocycles. The van der Waals surface area contributed by atoms with Gasteiger partial charge in [-0.2, -0.15) is 0 Å². The molecule has 0 N–H and O–H groups in total. The fraction of sp³-hybridized carbons (Fsp3) is 0.400. The lowest BCUT2D eigenvalue weighted by molar-refractivity contribution is 0.0650. The third-order valence-corrected chi connectivity index (χ3v) is 14.8. The van der Waals surface area contributed by atoms with Crippen LogP contribution in [0.15, 0.2) is 68.2 Å². The minimum atomic E-state index is -2.46. The maximum Gasteiger partial charge on any atom is 0.263 e. The molecule has 0 spiro atoms. The molecule has 1 aromatic heterocycles. The highest BCUT2D eigenvalue weighted by Gasteiger charge is 2.50. The average Bonchev–Trinajstić information content (AvgIpc) is 3.33. The van der Waals surface area contributed by atoms with Crippen molar-refractivity contribution in [1.82, 2.24) is 4.90 Å². The fourth-order valence-electron chi connectivity index (χ4n) is 5.39. The number of fused-ring (bicyclic) bond motifs is 1. The molecule has 1 aliphatic heterocycles. The Labute approximate surface area is 248 Å². The number of nitrogens with zero attached hydrogens (tertiary/aromatic N) is 1. The van der Waals surface area contributed by atoms with Crippen molar-refractivity contribution in [2.24, 2.45) is 0 Å². The van der Waals surface area contributed by atoms with E-state index in [9.17, 15) is 9.59 Å². The van der Waals surface area contributed by atoms with Crippen molar-refractivity contribution < 1.29 is 14.0 Å². The number of unbranched alkanes of at least 4 members (excludes halogenated alkanes) is 5. The molecule has 8 heteroatoms. The lowest BCUT2D eigenvalue weighted by atomic mass is 10.1. The fourth-order valence-corrected chi connectivity index (χ4v) is 13.1. The predicted molar refractivity (Wildman–Crippen MR) is 166 cm³/mol. The van der Waals surface area contributed by atoms with Gasteiger partial charge in [0.05, 0.1) is 18.7 Å². The van der Waals surface area contributed by atoms with E-state index >= 15 is 0 Å². The average molecular weight is 678 g/mol. The summed E-state index contributed by atoms with van der Waals surface area (Å²) in [6.07, 6.45) is 6.17. The summed E-state index contributed by atoms with van der Waals surface area (Å²) in [5.41, 5.74) is 1.01. The van der Waals surface area contributed by atoms with Crippen molar-refractivity contribution in [1.29, 1.82) is 0 Å². The lowest BCUT2D eigenvalue weighted by Crippen LogP contribution is -2.66. The van der Waals surface area contributed by atoms with Crippen LogP contribution in [0.2, 0.25) is 5.04 Å². The lowest BCUT2D eigenvalue weighted by Gasteiger charge is -2.43. The van der Waals surface area contributed by atoms with E-state index < -0.39 is 8.32 Å². The van der Waals surface area contributed by atoms with Gasteiger partial charge in [-0.1, -0.05) is 107 Å². The summed E-state index contributed by atoms with van der Waals surface area (Å²) in [4.78, 5) is 26.8. The molecular formula is C30H35Br2NO3SSi. The van der Waals surface area contributed by atoms with Crippen LogP contribution < -0.4 is 10.4 Å². The van der Waals surface area contributed by atoms with Crippen molar-refractivity contribution in [3.8, 4) is 0 Å². The molecule has 0 unspecified atom stereocenters. The summed E-state index contributed by atoms with van der Waals surface area (Å²) in [6, 6.07) is 21.6. The third kappa shape index (κ3) is 5.94. The molecule has 202 valence electrons. The summed E-state index contributed by atoms with van der Waals surface area (Å²) >= 11 is 8.21. The van der Waals surface area contributed by atoms with Crippen molar-refractivity contribution in [3.05, 3.63) is 79.4 Å². The molecule has 2 heterocycles. The first-order chi connectivity index (χ1) is 18.2. The molecule has 1 aliphatic rings. The topological polar surface area (TPSA) is 46.6 Å². The number of hydrogen-bond acceptors (Lipinski definition) is 4. The number of carbonyl (C=O) groups is 2. The number of halogens is 2. The number of amides is 2. The molecule has 4 nitrogen and oxygen atoms in total. The van der Waals surface area contributed by atoms with E-state index in [1.54, 1.807) is 0 Å². The summed E-state index contributed by atoms with van der Waals surface area (Å²) in [5, 5.41) is 2.63. The standard InChI is InChI=1S/C30H35Br2NO3SSi/c1-30(2,3)38(22-16-10-8-11-17-22,23-18-12-9-13-19-23)36-21-15-7-5-4-6-14-20-33-28(34)24-25(29(33)35)27(32)37-26(24)31/h8-13,16-19H,4-7,14-15,20-21H2,1-3H3. The molecule has 38 heavy (non-hydrogen) atoms. The smallest absolute Gasteiger partial charge is 0.263 e. The highest BCUT2D eigenvalue weighted by atomic mass is 79.9.